The van der Waals surface area contributed by atoms with Crippen molar-refractivity contribution in [3.63, 3.8) is 0 Å². The molecule has 0 saturated carbocycles. The Morgan fingerprint density at radius 1 is 1.07 bits per heavy atom. The van der Waals surface area contributed by atoms with Crippen molar-refractivity contribution >= 4 is 46.7 Å². The quantitative estimate of drug-likeness (QED) is 0.741. The molecule has 6 nitrogen and oxygen atoms in total. The third-order valence-corrected chi connectivity index (χ3v) is 4.44. The van der Waals surface area contributed by atoms with Crippen LogP contribution in [0.2, 0.25) is 10.0 Å². The lowest BCUT2D eigenvalue weighted by molar-refractivity contribution is -0.136. The van der Waals surface area contributed by atoms with E-state index in [-0.39, 0.29) is 6.54 Å². The Balaban J connectivity index is 1.84. The zero-order chi connectivity index (χ0) is 20.0. The molecule has 0 aliphatic heterocycles. The molecule has 27 heavy (non-hydrogen) atoms. The van der Waals surface area contributed by atoms with Gasteiger partial charge in [-0.2, -0.15) is 0 Å². The van der Waals surface area contributed by atoms with Gasteiger partial charge < -0.3 is 15.0 Å². The highest BCUT2D eigenvalue weighted by atomic mass is 35.5. The van der Waals surface area contributed by atoms with Gasteiger partial charge in [0.05, 0.1) is 22.2 Å². The number of nitrogens with zero attached hydrogens (tertiary/aromatic N) is 1. The predicted octanol–water partition coefficient (Wildman–Crippen LogP) is 3.56. The summed E-state index contributed by atoms with van der Waals surface area (Å²) in [7, 11) is 1.44. The molecule has 0 aromatic heterocycles. The van der Waals surface area contributed by atoms with Crippen LogP contribution < -0.4 is 5.32 Å². The van der Waals surface area contributed by atoms with Crippen molar-refractivity contribution in [1.82, 2.24) is 4.90 Å². The first-order valence-corrected chi connectivity index (χ1v) is 8.75. The van der Waals surface area contributed by atoms with Gasteiger partial charge in [0.1, 0.15) is 0 Å². The molecule has 142 valence electrons. The van der Waals surface area contributed by atoms with Gasteiger partial charge in [0, 0.05) is 12.7 Å². The van der Waals surface area contributed by atoms with Crippen LogP contribution in [0.25, 0.3) is 0 Å². The number of ether oxygens (including phenoxy) is 1. The molecule has 2 aromatic carbocycles. The average molecular weight is 409 g/mol. The number of likely N-dealkylation sites (N-methyl/N-ethyl adjacent to an activating group) is 1. The van der Waals surface area contributed by atoms with Crippen LogP contribution >= 0.6 is 23.2 Å². The predicted molar refractivity (Wildman–Crippen MR) is 104 cm³/mol. The Hall–Kier alpha value is -2.57. The Kier molecular flexibility index (Phi) is 7.21. The van der Waals surface area contributed by atoms with E-state index in [9.17, 15) is 14.4 Å². The highest BCUT2D eigenvalue weighted by Gasteiger charge is 2.17. The highest BCUT2D eigenvalue weighted by Crippen LogP contribution is 2.24. The van der Waals surface area contributed by atoms with Crippen LogP contribution in [-0.4, -0.2) is 42.9 Å². The number of carbonyl (C=O) groups is 3. The van der Waals surface area contributed by atoms with Crippen LogP contribution in [-0.2, 0) is 14.3 Å². The molecule has 8 heteroatoms. The van der Waals surface area contributed by atoms with E-state index in [0.717, 1.165) is 10.5 Å². The van der Waals surface area contributed by atoms with Gasteiger partial charge in [-0.25, -0.2) is 4.79 Å². The largest absolute Gasteiger partial charge is 0.452 e. The molecule has 0 aliphatic carbocycles. The molecule has 0 unspecified atom stereocenters. The second kappa shape index (κ2) is 9.39. The summed E-state index contributed by atoms with van der Waals surface area (Å²) in [6.45, 7) is 1.11. The van der Waals surface area contributed by atoms with E-state index >= 15 is 0 Å². The van der Waals surface area contributed by atoms with Crippen molar-refractivity contribution in [2.24, 2.45) is 0 Å². The maximum Gasteiger partial charge on any atom is 0.338 e. The summed E-state index contributed by atoms with van der Waals surface area (Å²) in [4.78, 5) is 37.3. The van der Waals surface area contributed by atoms with Crippen molar-refractivity contribution in [1.29, 1.82) is 0 Å². The van der Waals surface area contributed by atoms with Gasteiger partial charge in [-0.3, -0.25) is 9.59 Å². The van der Waals surface area contributed by atoms with E-state index < -0.39 is 24.4 Å². The number of anilines is 1. The molecular weight excluding hydrogens is 391 g/mol. The second-order valence-electron chi connectivity index (χ2n) is 5.82. The fraction of sp³-hybridized carbons (Fsp3) is 0.211. The van der Waals surface area contributed by atoms with Crippen molar-refractivity contribution < 1.29 is 19.1 Å². The number of esters is 1. The Morgan fingerprint density at radius 2 is 1.78 bits per heavy atom. The summed E-state index contributed by atoms with van der Waals surface area (Å²) in [5.74, 6) is -1.51. The van der Waals surface area contributed by atoms with Gasteiger partial charge in [-0.05, 0) is 36.8 Å². The topological polar surface area (TPSA) is 75.7 Å². The number of carbonyl (C=O) groups excluding carboxylic acids is 3. The average Bonchev–Trinajstić information content (AvgIpc) is 2.62. The molecule has 0 spiro atoms. The van der Waals surface area contributed by atoms with Gasteiger partial charge in [-0.1, -0.05) is 41.4 Å². The standard InChI is InChI=1S/C19H18Cl2N2O4/c1-12-5-3-4-6-14(12)19(26)27-11-18(25)23(2)10-17(24)22-13-7-8-15(20)16(21)9-13/h3-9H,10-11H2,1-2H3,(H,22,24). The highest BCUT2D eigenvalue weighted by molar-refractivity contribution is 6.42. The Labute approximate surface area is 167 Å². The normalized spacial score (nSPS) is 10.2. The van der Waals surface area contributed by atoms with Crippen LogP contribution in [0.1, 0.15) is 15.9 Å². The molecule has 0 radical (unpaired) electrons. The first-order valence-electron chi connectivity index (χ1n) is 7.99. The van der Waals surface area contributed by atoms with Crippen LogP contribution in [0.5, 0.6) is 0 Å². The van der Waals surface area contributed by atoms with E-state index in [2.05, 4.69) is 5.32 Å². The molecule has 0 saturated heterocycles. The summed E-state index contributed by atoms with van der Waals surface area (Å²) in [6, 6.07) is 11.6. The van der Waals surface area contributed by atoms with E-state index in [0.29, 0.717) is 21.3 Å². The van der Waals surface area contributed by atoms with E-state index in [1.807, 2.05) is 0 Å². The smallest absolute Gasteiger partial charge is 0.338 e. The van der Waals surface area contributed by atoms with Crippen LogP contribution in [0.15, 0.2) is 42.5 Å². The second-order valence-corrected chi connectivity index (χ2v) is 6.63. The zero-order valence-electron chi connectivity index (χ0n) is 14.8. The van der Waals surface area contributed by atoms with Crippen molar-refractivity contribution in [3.05, 3.63) is 63.6 Å². The molecule has 0 heterocycles. The summed E-state index contributed by atoms with van der Waals surface area (Å²) in [5, 5.41) is 3.29. The summed E-state index contributed by atoms with van der Waals surface area (Å²) >= 11 is 11.7. The zero-order valence-corrected chi connectivity index (χ0v) is 16.3. The Bertz CT molecular complexity index is 871. The van der Waals surface area contributed by atoms with E-state index in [1.54, 1.807) is 43.3 Å². The number of amides is 2. The lowest BCUT2D eigenvalue weighted by Gasteiger charge is -2.17. The number of halogens is 2. The van der Waals surface area contributed by atoms with Gasteiger partial charge in [0.15, 0.2) is 6.61 Å². The Morgan fingerprint density at radius 3 is 2.44 bits per heavy atom. The van der Waals surface area contributed by atoms with Gasteiger partial charge in [0.25, 0.3) is 5.91 Å². The van der Waals surface area contributed by atoms with Crippen molar-refractivity contribution in [2.75, 3.05) is 25.5 Å². The number of benzene rings is 2. The van der Waals surface area contributed by atoms with Crippen LogP contribution in [0, 0.1) is 6.92 Å². The minimum Gasteiger partial charge on any atom is -0.452 e. The lowest BCUT2D eigenvalue weighted by atomic mass is 10.1. The third-order valence-electron chi connectivity index (χ3n) is 3.70. The first-order chi connectivity index (χ1) is 12.8. The fourth-order valence-corrected chi connectivity index (χ4v) is 2.49. The summed E-state index contributed by atoms with van der Waals surface area (Å²) in [6.07, 6.45) is 0. The minimum absolute atomic E-state index is 0.207. The molecular formula is C19H18Cl2N2O4. The van der Waals surface area contributed by atoms with Crippen LogP contribution in [0.3, 0.4) is 0 Å². The maximum atomic E-state index is 12.1. The summed E-state index contributed by atoms with van der Waals surface area (Å²) < 4.78 is 5.03. The van der Waals surface area contributed by atoms with Crippen molar-refractivity contribution in [2.45, 2.75) is 6.92 Å². The number of nitrogens with one attached hydrogen (secondary N) is 1. The number of rotatable bonds is 6. The molecule has 2 rings (SSSR count). The lowest BCUT2D eigenvalue weighted by Crippen LogP contribution is -2.37. The number of aryl methyl sites for hydroxylation is 1. The fourth-order valence-electron chi connectivity index (χ4n) is 2.20. The molecule has 1 N–H and O–H groups in total. The first kappa shape index (κ1) is 20.7. The molecule has 0 atom stereocenters. The van der Waals surface area contributed by atoms with E-state index in [4.69, 9.17) is 27.9 Å². The molecule has 0 aliphatic rings. The van der Waals surface area contributed by atoms with Gasteiger partial charge >= 0.3 is 5.97 Å². The molecule has 2 aromatic rings. The van der Waals surface area contributed by atoms with Gasteiger partial charge in [-0.15, -0.1) is 0 Å². The third kappa shape index (κ3) is 5.98. The SMILES string of the molecule is Cc1ccccc1C(=O)OCC(=O)N(C)CC(=O)Nc1ccc(Cl)c(Cl)c1. The number of hydrogen-bond acceptors (Lipinski definition) is 4. The number of hydrogen-bond donors (Lipinski definition) is 1. The van der Waals surface area contributed by atoms with E-state index in [1.165, 1.54) is 13.1 Å². The van der Waals surface area contributed by atoms with Gasteiger partial charge in [0.2, 0.25) is 5.91 Å². The molecule has 0 bridgehead atoms. The molecule has 0 fully saturated rings. The molecule has 2 amide bonds. The monoisotopic (exact) mass is 408 g/mol. The van der Waals surface area contributed by atoms with Crippen molar-refractivity contribution in [3.8, 4) is 0 Å². The maximum absolute atomic E-state index is 12.1. The minimum atomic E-state index is -0.588. The van der Waals surface area contributed by atoms with Crippen LogP contribution in [0.4, 0.5) is 5.69 Å². The summed E-state index contributed by atoms with van der Waals surface area (Å²) in [5.41, 5.74) is 1.61.